The molecule has 3 rings (SSSR count). The summed E-state index contributed by atoms with van der Waals surface area (Å²) in [5, 5.41) is 3.90. The summed E-state index contributed by atoms with van der Waals surface area (Å²) in [4.78, 5) is 6.71. The summed E-state index contributed by atoms with van der Waals surface area (Å²) in [6.07, 6.45) is 2.37. The van der Waals surface area contributed by atoms with Crippen LogP contribution in [0.4, 0.5) is 0 Å². The highest BCUT2D eigenvalue weighted by molar-refractivity contribution is 5.20. The second kappa shape index (κ2) is 6.83. The van der Waals surface area contributed by atoms with Crippen molar-refractivity contribution in [2.24, 2.45) is 0 Å². The molecule has 0 spiro atoms. The summed E-state index contributed by atoms with van der Waals surface area (Å²) in [5.41, 5.74) is 1.46. The summed E-state index contributed by atoms with van der Waals surface area (Å²) in [5.74, 6) is 1.97. The van der Waals surface area contributed by atoms with Crippen molar-refractivity contribution in [3.05, 3.63) is 47.6 Å². The lowest BCUT2D eigenvalue weighted by molar-refractivity contribution is 0.172. The van der Waals surface area contributed by atoms with E-state index in [1.807, 2.05) is 0 Å². The smallest absolute Gasteiger partial charge is 0.240 e. The number of piperidine rings is 1. The zero-order valence-corrected chi connectivity index (χ0v) is 12.4. The van der Waals surface area contributed by atoms with Gasteiger partial charge in [0.25, 0.3) is 0 Å². The highest BCUT2D eigenvalue weighted by atomic mass is 16.5. The fraction of sp³-hybridized carbons (Fsp3) is 0.500. The number of benzene rings is 1. The number of methoxy groups -OCH3 is 1. The van der Waals surface area contributed by atoms with Crippen molar-refractivity contribution in [2.75, 3.05) is 20.2 Å². The minimum Gasteiger partial charge on any atom is -0.377 e. The number of nitrogens with zero attached hydrogens (tertiary/aromatic N) is 3. The molecule has 1 aromatic carbocycles. The van der Waals surface area contributed by atoms with E-state index < -0.39 is 0 Å². The second-order valence-electron chi connectivity index (χ2n) is 5.50. The summed E-state index contributed by atoms with van der Waals surface area (Å²) in [7, 11) is 1.63. The standard InChI is InChI=1S/C16H21N3O2/c1-20-12-15-17-16(21-18-15)11-19-9-7-14(8-10-19)13-5-3-2-4-6-13/h2-6,14H,7-12H2,1H3. The predicted molar refractivity (Wildman–Crippen MR) is 78.7 cm³/mol. The highest BCUT2D eigenvalue weighted by Gasteiger charge is 2.21. The second-order valence-corrected chi connectivity index (χ2v) is 5.50. The molecule has 0 atom stereocenters. The Morgan fingerprint density at radius 2 is 2.00 bits per heavy atom. The van der Waals surface area contributed by atoms with Crippen molar-refractivity contribution in [3.63, 3.8) is 0 Å². The monoisotopic (exact) mass is 287 g/mol. The van der Waals surface area contributed by atoms with E-state index in [9.17, 15) is 0 Å². The van der Waals surface area contributed by atoms with Crippen LogP contribution in [-0.4, -0.2) is 35.2 Å². The average Bonchev–Trinajstić information content (AvgIpc) is 2.97. The van der Waals surface area contributed by atoms with Crippen LogP contribution in [0.2, 0.25) is 0 Å². The fourth-order valence-corrected chi connectivity index (χ4v) is 2.88. The van der Waals surface area contributed by atoms with Gasteiger partial charge in [-0.15, -0.1) is 0 Å². The molecule has 0 saturated carbocycles. The molecule has 2 heterocycles. The molecule has 5 nitrogen and oxygen atoms in total. The van der Waals surface area contributed by atoms with Gasteiger partial charge in [0.05, 0.1) is 6.54 Å². The zero-order valence-electron chi connectivity index (χ0n) is 12.4. The summed E-state index contributed by atoms with van der Waals surface area (Å²) < 4.78 is 10.2. The molecular formula is C16H21N3O2. The van der Waals surface area contributed by atoms with Gasteiger partial charge in [0, 0.05) is 7.11 Å². The van der Waals surface area contributed by atoms with Crippen LogP contribution in [0.25, 0.3) is 0 Å². The van der Waals surface area contributed by atoms with E-state index in [0.29, 0.717) is 24.2 Å². The predicted octanol–water partition coefficient (Wildman–Crippen LogP) is 2.60. The number of hydrogen-bond donors (Lipinski definition) is 0. The molecule has 1 fully saturated rings. The molecule has 1 aliphatic rings. The fourth-order valence-electron chi connectivity index (χ4n) is 2.88. The topological polar surface area (TPSA) is 51.4 Å². The average molecular weight is 287 g/mol. The summed E-state index contributed by atoms with van der Waals surface area (Å²) in [6, 6.07) is 10.8. The first kappa shape index (κ1) is 14.2. The van der Waals surface area contributed by atoms with E-state index in [4.69, 9.17) is 9.26 Å². The summed E-state index contributed by atoms with van der Waals surface area (Å²) >= 11 is 0. The van der Waals surface area contributed by atoms with Crippen molar-refractivity contribution >= 4 is 0 Å². The minimum absolute atomic E-state index is 0.402. The third-order valence-electron chi connectivity index (χ3n) is 4.00. The molecule has 0 N–H and O–H groups in total. The number of rotatable bonds is 5. The van der Waals surface area contributed by atoms with Crippen LogP contribution in [0.3, 0.4) is 0 Å². The van der Waals surface area contributed by atoms with Gasteiger partial charge in [-0.3, -0.25) is 4.90 Å². The maximum absolute atomic E-state index is 5.25. The molecule has 112 valence electrons. The van der Waals surface area contributed by atoms with Crippen molar-refractivity contribution in [1.29, 1.82) is 0 Å². The van der Waals surface area contributed by atoms with Crippen LogP contribution in [0.1, 0.15) is 36.0 Å². The van der Waals surface area contributed by atoms with E-state index in [0.717, 1.165) is 19.6 Å². The molecule has 5 heteroatoms. The van der Waals surface area contributed by atoms with Gasteiger partial charge in [-0.2, -0.15) is 4.98 Å². The van der Waals surface area contributed by atoms with E-state index in [1.165, 1.54) is 18.4 Å². The quantitative estimate of drug-likeness (QED) is 0.846. The molecule has 21 heavy (non-hydrogen) atoms. The van der Waals surface area contributed by atoms with E-state index >= 15 is 0 Å². The van der Waals surface area contributed by atoms with E-state index in [1.54, 1.807) is 7.11 Å². The largest absolute Gasteiger partial charge is 0.377 e. The molecule has 2 aromatic rings. The lowest BCUT2D eigenvalue weighted by Crippen LogP contribution is -2.32. The van der Waals surface area contributed by atoms with Crippen molar-refractivity contribution in [2.45, 2.75) is 31.9 Å². The Kier molecular flexibility index (Phi) is 4.62. The van der Waals surface area contributed by atoms with Crippen LogP contribution < -0.4 is 0 Å². The molecular weight excluding hydrogens is 266 g/mol. The molecule has 0 bridgehead atoms. The Morgan fingerprint density at radius 1 is 1.24 bits per heavy atom. The summed E-state index contributed by atoms with van der Waals surface area (Å²) in [6.45, 7) is 3.28. The molecule has 0 amide bonds. The molecule has 0 unspecified atom stereocenters. The number of ether oxygens (including phenoxy) is 1. The molecule has 0 radical (unpaired) electrons. The third-order valence-corrected chi connectivity index (χ3v) is 4.00. The van der Waals surface area contributed by atoms with Gasteiger partial charge < -0.3 is 9.26 Å². The van der Waals surface area contributed by atoms with Gasteiger partial charge in [-0.1, -0.05) is 35.5 Å². The number of likely N-dealkylation sites (tertiary alicyclic amines) is 1. The van der Waals surface area contributed by atoms with Crippen molar-refractivity contribution in [1.82, 2.24) is 15.0 Å². The maximum atomic E-state index is 5.25. The lowest BCUT2D eigenvalue weighted by Gasteiger charge is -2.31. The van der Waals surface area contributed by atoms with Gasteiger partial charge in [0.2, 0.25) is 5.89 Å². The highest BCUT2D eigenvalue weighted by Crippen LogP contribution is 2.28. The maximum Gasteiger partial charge on any atom is 0.240 e. The van der Waals surface area contributed by atoms with Crippen LogP contribution in [-0.2, 0) is 17.9 Å². The first-order chi connectivity index (χ1) is 10.3. The van der Waals surface area contributed by atoms with Gasteiger partial charge in [-0.25, -0.2) is 0 Å². The van der Waals surface area contributed by atoms with Crippen LogP contribution >= 0.6 is 0 Å². The van der Waals surface area contributed by atoms with Crippen LogP contribution in [0.5, 0.6) is 0 Å². The Bertz CT molecular complexity index is 548. The Balaban J connectivity index is 1.51. The first-order valence-electron chi connectivity index (χ1n) is 7.43. The van der Waals surface area contributed by atoms with Gasteiger partial charge >= 0.3 is 0 Å². The van der Waals surface area contributed by atoms with Gasteiger partial charge in [0.1, 0.15) is 6.61 Å². The normalized spacial score (nSPS) is 17.2. The third kappa shape index (κ3) is 3.68. The number of hydrogen-bond acceptors (Lipinski definition) is 5. The first-order valence-corrected chi connectivity index (χ1v) is 7.43. The van der Waals surface area contributed by atoms with Gasteiger partial charge in [0.15, 0.2) is 5.82 Å². The molecule has 1 saturated heterocycles. The Hall–Kier alpha value is -1.72. The molecule has 1 aromatic heterocycles. The molecule has 0 aliphatic carbocycles. The van der Waals surface area contributed by atoms with Crippen molar-refractivity contribution < 1.29 is 9.26 Å². The Labute approximate surface area is 124 Å². The van der Waals surface area contributed by atoms with Crippen molar-refractivity contribution in [3.8, 4) is 0 Å². The van der Waals surface area contributed by atoms with Gasteiger partial charge in [-0.05, 0) is 37.4 Å². The number of aromatic nitrogens is 2. The minimum atomic E-state index is 0.402. The molecule has 1 aliphatic heterocycles. The van der Waals surface area contributed by atoms with E-state index in [-0.39, 0.29) is 0 Å². The SMILES string of the molecule is COCc1noc(CN2CCC(c3ccccc3)CC2)n1. The zero-order chi connectivity index (χ0) is 14.5. The van der Waals surface area contributed by atoms with E-state index in [2.05, 4.69) is 45.4 Å². The van der Waals surface area contributed by atoms with Crippen LogP contribution in [0, 0.1) is 0 Å². The Morgan fingerprint density at radius 3 is 2.71 bits per heavy atom. The van der Waals surface area contributed by atoms with Crippen LogP contribution in [0.15, 0.2) is 34.9 Å². The lowest BCUT2D eigenvalue weighted by atomic mass is 9.89.